The second kappa shape index (κ2) is 9.83. The van der Waals surface area contributed by atoms with Gasteiger partial charge < -0.3 is 10.2 Å². The molecule has 41 heavy (non-hydrogen) atoms. The summed E-state index contributed by atoms with van der Waals surface area (Å²) in [5, 5.41) is 8.24. The van der Waals surface area contributed by atoms with Crippen LogP contribution < -0.4 is 5.32 Å². The number of nitrogens with zero attached hydrogens (tertiary/aromatic N) is 6. The molecule has 3 aliphatic rings. The SMILES string of the molecule is CC(=O)c1nn(CC(=O)N2C3C[C@@H]3C[C@H]2C(=O)Nc2nc(Br)ccc2C2CC2)c2ccc(-c3cnc(C)nc3)cc12. The predicted molar refractivity (Wildman–Crippen MR) is 155 cm³/mol. The second-order valence-corrected chi connectivity index (χ2v) is 12.1. The van der Waals surface area contributed by atoms with E-state index < -0.39 is 6.04 Å². The summed E-state index contributed by atoms with van der Waals surface area (Å²) in [6.45, 7) is 3.23. The molecule has 3 fully saturated rings. The van der Waals surface area contributed by atoms with Crippen LogP contribution in [0.3, 0.4) is 0 Å². The Hall–Kier alpha value is -3.99. The van der Waals surface area contributed by atoms with Gasteiger partial charge in [0, 0.05) is 36.3 Å². The topological polar surface area (TPSA) is 123 Å². The summed E-state index contributed by atoms with van der Waals surface area (Å²) < 4.78 is 2.24. The standard InChI is InChI=1S/C30H28BrN7O3/c1-15(39)28-22-9-18(20-12-32-16(2)33-13-20)5-7-23(22)37(36-28)14-27(40)38-24-10-19(24)11-25(38)30(41)35-29-21(17-3-4-17)6-8-26(31)34-29/h5-9,12-13,17,19,24-25H,3-4,10-11,14H2,1-2H3,(H,34,35,41)/t19-,24?,25+/m1/s1. The fourth-order valence-corrected chi connectivity index (χ4v) is 6.32. The van der Waals surface area contributed by atoms with Crippen molar-refractivity contribution in [3.63, 3.8) is 0 Å². The Kier molecular flexibility index (Phi) is 6.22. The first-order valence-electron chi connectivity index (χ1n) is 13.9. The monoisotopic (exact) mass is 613 g/mol. The molecule has 7 rings (SSSR count). The van der Waals surface area contributed by atoms with Crippen LogP contribution in [0.5, 0.6) is 0 Å². The van der Waals surface area contributed by atoms with E-state index in [9.17, 15) is 14.4 Å². The maximum atomic E-state index is 13.8. The van der Waals surface area contributed by atoms with Crippen LogP contribution in [0.15, 0.2) is 47.3 Å². The van der Waals surface area contributed by atoms with Gasteiger partial charge in [0.15, 0.2) is 5.78 Å². The molecule has 1 aromatic carbocycles. The minimum absolute atomic E-state index is 0.0545. The van der Waals surface area contributed by atoms with Crippen LogP contribution in [0, 0.1) is 12.8 Å². The molecule has 2 saturated carbocycles. The molecule has 0 radical (unpaired) electrons. The number of carbonyl (C=O) groups is 3. The zero-order chi connectivity index (χ0) is 28.4. The number of aromatic nitrogens is 5. The molecule has 1 unspecified atom stereocenters. The van der Waals surface area contributed by atoms with Crippen molar-refractivity contribution in [2.45, 2.75) is 64.1 Å². The zero-order valence-corrected chi connectivity index (χ0v) is 24.3. The third kappa shape index (κ3) is 4.81. The lowest BCUT2D eigenvalue weighted by Crippen LogP contribution is -2.47. The van der Waals surface area contributed by atoms with Crippen molar-refractivity contribution in [3.8, 4) is 11.1 Å². The molecule has 1 saturated heterocycles. The molecule has 3 atom stereocenters. The number of anilines is 1. The number of pyridine rings is 1. The van der Waals surface area contributed by atoms with Gasteiger partial charge in [-0.3, -0.25) is 19.1 Å². The van der Waals surface area contributed by atoms with E-state index in [1.165, 1.54) is 6.92 Å². The van der Waals surface area contributed by atoms with Crippen LogP contribution in [0.1, 0.15) is 60.4 Å². The first kappa shape index (κ1) is 25.9. The van der Waals surface area contributed by atoms with Gasteiger partial charge in [0.05, 0.1) is 5.52 Å². The highest BCUT2D eigenvalue weighted by molar-refractivity contribution is 9.10. The van der Waals surface area contributed by atoms with E-state index in [1.807, 2.05) is 37.3 Å². The fourth-order valence-electron chi connectivity index (χ4n) is 6.01. The number of fused-ring (bicyclic) bond motifs is 2. The molecule has 11 heteroatoms. The largest absolute Gasteiger partial charge is 0.326 e. The van der Waals surface area contributed by atoms with Crippen LogP contribution >= 0.6 is 15.9 Å². The minimum Gasteiger partial charge on any atom is -0.326 e. The van der Waals surface area contributed by atoms with Crippen molar-refractivity contribution in [1.82, 2.24) is 29.6 Å². The number of ketones is 1. The minimum atomic E-state index is -0.568. The van der Waals surface area contributed by atoms with Gasteiger partial charge in [0.25, 0.3) is 0 Å². The lowest BCUT2D eigenvalue weighted by atomic mass is 10.0. The lowest BCUT2D eigenvalue weighted by molar-refractivity contribution is -0.138. The number of carbonyl (C=O) groups excluding carboxylic acids is 3. The van der Waals surface area contributed by atoms with E-state index in [0.717, 1.165) is 36.0 Å². The second-order valence-electron chi connectivity index (χ2n) is 11.3. The van der Waals surface area contributed by atoms with Gasteiger partial charge in [-0.05, 0) is 89.7 Å². The maximum Gasteiger partial charge on any atom is 0.248 e. The summed E-state index contributed by atoms with van der Waals surface area (Å²) >= 11 is 3.41. The van der Waals surface area contributed by atoms with E-state index in [2.05, 4.69) is 41.3 Å². The molecule has 3 aromatic heterocycles. The van der Waals surface area contributed by atoms with E-state index in [0.29, 0.717) is 51.1 Å². The third-order valence-electron chi connectivity index (χ3n) is 8.33. The molecule has 10 nitrogen and oxygen atoms in total. The summed E-state index contributed by atoms with van der Waals surface area (Å²) in [4.78, 5) is 54.6. The molecule has 2 amide bonds. The maximum absolute atomic E-state index is 13.8. The van der Waals surface area contributed by atoms with Gasteiger partial charge in [-0.2, -0.15) is 5.10 Å². The number of halogens is 1. The Morgan fingerprint density at radius 2 is 1.83 bits per heavy atom. The number of Topliss-reactive ketones (excluding diaryl/α,β-unsaturated/α-hetero) is 1. The summed E-state index contributed by atoms with van der Waals surface area (Å²) in [6.07, 6.45) is 7.20. The van der Waals surface area contributed by atoms with E-state index in [4.69, 9.17) is 0 Å². The van der Waals surface area contributed by atoms with Crippen molar-refractivity contribution in [1.29, 1.82) is 0 Å². The molecule has 2 aliphatic carbocycles. The van der Waals surface area contributed by atoms with Crippen molar-refractivity contribution in [3.05, 3.63) is 64.4 Å². The normalized spacial score (nSPS) is 21.1. The number of amides is 2. The number of nitrogens with one attached hydrogen (secondary N) is 1. The molecule has 1 N–H and O–H groups in total. The van der Waals surface area contributed by atoms with Gasteiger partial charge in [-0.1, -0.05) is 12.1 Å². The Morgan fingerprint density at radius 1 is 1.05 bits per heavy atom. The van der Waals surface area contributed by atoms with Crippen LogP contribution in [0.2, 0.25) is 0 Å². The first-order valence-corrected chi connectivity index (χ1v) is 14.6. The third-order valence-corrected chi connectivity index (χ3v) is 8.77. The van der Waals surface area contributed by atoms with Crippen molar-refractivity contribution in [2.24, 2.45) is 5.92 Å². The molecule has 4 aromatic rings. The quantitative estimate of drug-likeness (QED) is 0.237. The van der Waals surface area contributed by atoms with Gasteiger partial charge in [0.2, 0.25) is 11.8 Å². The first-order chi connectivity index (χ1) is 19.8. The molecule has 208 valence electrons. The number of piperidine rings is 1. The van der Waals surface area contributed by atoms with Crippen LogP contribution in [-0.4, -0.2) is 59.3 Å². The molecule has 0 spiro atoms. The summed E-state index contributed by atoms with van der Waals surface area (Å²) in [6, 6.07) is 9.05. The molecular weight excluding hydrogens is 586 g/mol. The zero-order valence-electron chi connectivity index (χ0n) is 22.7. The van der Waals surface area contributed by atoms with Crippen LogP contribution in [-0.2, 0) is 16.1 Å². The summed E-state index contributed by atoms with van der Waals surface area (Å²) in [5.74, 6) is 1.41. The van der Waals surface area contributed by atoms with Crippen LogP contribution in [0.25, 0.3) is 22.0 Å². The Bertz CT molecular complexity index is 1730. The number of likely N-dealkylation sites (tertiary alicyclic amines) is 1. The average Bonchev–Trinajstić information content (AvgIpc) is 3.87. The fraction of sp³-hybridized carbons (Fsp3) is 0.367. The molecule has 1 aliphatic heterocycles. The predicted octanol–water partition coefficient (Wildman–Crippen LogP) is 4.67. The van der Waals surface area contributed by atoms with Crippen LogP contribution in [0.4, 0.5) is 5.82 Å². The Labute approximate surface area is 244 Å². The number of rotatable bonds is 7. The van der Waals surface area contributed by atoms with Gasteiger partial charge in [-0.15, -0.1) is 0 Å². The highest BCUT2D eigenvalue weighted by Crippen LogP contribution is 2.48. The average molecular weight is 615 g/mol. The molecular formula is C30H28BrN7O3. The smallest absolute Gasteiger partial charge is 0.248 e. The lowest BCUT2D eigenvalue weighted by Gasteiger charge is -2.27. The number of benzene rings is 1. The highest BCUT2D eigenvalue weighted by atomic mass is 79.9. The summed E-state index contributed by atoms with van der Waals surface area (Å²) in [7, 11) is 0. The van der Waals surface area contributed by atoms with Gasteiger partial charge in [0.1, 0.15) is 34.5 Å². The van der Waals surface area contributed by atoms with E-state index >= 15 is 0 Å². The number of hydrogen-bond acceptors (Lipinski definition) is 7. The van der Waals surface area contributed by atoms with Crippen molar-refractivity contribution < 1.29 is 14.4 Å². The number of hydrogen-bond donors (Lipinski definition) is 1. The van der Waals surface area contributed by atoms with E-state index in [-0.39, 0.29) is 30.2 Å². The molecule has 4 heterocycles. The van der Waals surface area contributed by atoms with E-state index in [1.54, 1.807) is 22.0 Å². The molecule has 0 bridgehead atoms. The number of aryl methyl sites for hydroxylation is 1. The Balaban J connectivity index is 1.15. The van der Waals surface area contributed by atoms with Crippen molar-refractivity contribution in [2.75, 3.05) is 5.32 Å². The van der Waals surface area contributed by atoms with Gasteiger partial charge >= 0.3 is 0 Å². The highest BCUT2D eigenvalue weighted by Gasteiger charge is 2.56. The van der Waals surface area contributed by atoms with Gasteiger partial charge in [-0.25, -0.2) is 15.0 Å². The summed E-state index contributed by atoms with van der Waals surface area (Å²) in [5.41, 5.74) is 3.70. The van der Waals surface area contributed by atoms with Crippen molar-refractivity contribution >= 4 is 50.2 Å². The Morgan fingerprint density at radius 3 is 2.56 bits per heavy atom.